The lowest BCUT2D eigenvalue weighted by atomic mass is 10.2. The van der Waals surface area contributed by atoms with E-state index in [9.17, 15) is 18.7 Å². The maximum absolute atomic E-state index is 12.1. The monoisotopic (exact) mass is 259 g/mol. The van der Waals surface area contributed by atoms with E-state index >= 15 is 0 Å². The Morgan fingerprint density at radius 2 is 2.11 bits per heavy atom. The van der Waals surface area contributed by atoms with Gasteiger partial charge in [-0.05, 0) is 18.6 Å². The molecular formula is C12H15F2NO3. The molecule has 100 valence electrons. The van der Waals surface area contributed by atoms with Crippen molar-refractivity contribution in [1.82, 2.24) is 5.32 Å². The number of carbonyl (C=O) groups is 1. The van der Waals surface area contributed by atoms with E-state index in [2.05, 4.69) is 10.1 Å². The van der Waals surface area contributed by atoms with Crippen molar-refractivity contribution in [2.24, 2.45) is 0 Å². The molecule has 0 saturated heterocycles. The normalized spacial score (nSPS) is 12.3. The molecule has 1 aromatic carbocycles. The second-order valence-electron chi connectivity index (χ2n) is 3.65. The molecule has 0 aliphatic rings. The zero-order valence-corrected chi connectivity index (χ0v) is 9.90. The summed E-state index contributed by atoms with van der Waals surface area (Å²) in [5.41, 5.74) is 0.0149. The third kappa shape index (κ3) is 4.29. The first-order valence-corrected chi connectivity index (χ1v) is 5.54. The van der Waals surface area contributed by atoms with E-state index in [1.165, 1.54) is 18.2 Å². The van der Waals surface area contributed by atoms with Gasteiger partial charge in [0.1, 0.15) is 5.75 Å². The van der Waals surface area contributed by atoms with E-state index in [0.29, 0.717) is 6.42 Å². The molecular weight excluding hydrogens is 244 g/mol. The Morgan fingerprint density at radius 1 is 1.44 bits per heavy atom. The van der Waals surface area contributed by atoms with Gasteiger partial charge in [-0.15, -0.1) is 0 Å². The van der Waals surface area contributed by atoms with Crippen LogP contribution in [-0.2, 0) is 0 Å². The van der Waals surface area contributed by atoms with Crippen LogP contribution in [0.3, 0.4) is 0 Å². The Morgan fingerprint density at radius 3 is 2.72 bits per heavy atom. The number of para-hydroxylation sites is 1. The summed E-state index contributed by atoms with van der Waals surface area (Å²) < 4.78 is 28.5. The van der Waals surface area contributed by atoms with E-state index < -0.39 is 18.6 Å². The lowest BCUT2D eigenvalue weighted by Gasteiger charge is -2.12. The highest BCUT2D eigenvalue weighted by Crippen LogP contribution is 2.19. The van der Waals surface area contributed by atoms with Crippen LogP contribution < -0.4 is 10.1 Å². The van der Waals surface area contributed by atoms with Gasteiger partial charge in [0.15, 0.2) is 0 Å². The summed E-state index contributed by atoms with van der Waals surface area (Å²) in [4.78, 5) is 11.7. The number of hydrogen-bond donors (Lipinski definition) is 2. The van der Waals surface area contributed by atoms with Crippen LogP contribution in [0.25, 0.3) is 0 Å². The van der Waals surface area contributed by atoms with E-state index in [4.69, 9.17) is 0 Å². The van der Waals surface area contributed by atoms with Crippen molar-refractivity contribution in [3.05, 3.63) is 29.8 Å². The second-order valence-corrected chi connectivity index (χ2v) is 3.65. The Hall–Kier alpha value is -1.69. The van der Waals surface area contributed by atoms with Crippen LogP contribution in [0.2, 0.25) is 0 Å². The van der Waals surface area contributed by atoms with E-state index in [0.717, 1.165) is 0 Å². The molecule has 0 bridgehead atoms. The van der Waals surface area contributed by atoms with Crippen molar-refractivity contribution in [1.29, 1.82) is 0 Å². The number of carbonyl (C=O) groups excluding carboxylic acids is 1. The number of amides is 1. The van der Waals surface area contributed by atoms with Crippen LogP contribution >= 0.6 is 0 Å². The summed E-state index contributed by atoms with van der Waals surface area (Å²) in [5, 5.41) is 11.8. The van der Waals surface area contributed by atoms with Gasteiger partial charge < -0.3 is 15.2 Å². The van der Waals surface area contributed by atoms with Crippen molar-refractivity contribution >= 4 is 5.91 Å². The summed E-state index contributed by atoms with van der Waals surface area (Å²) >= 11 is 0. The van der Waals surface area contributed by atoms with Gasteiger partial charge in [-0.25, -0.2) is 0 Å². The van der Waals surface area contributed by atoms with Crippen molar-refractivity contribution in [3.63, 3.8) is 0 Å². The minimum absolute atomic E-state index is 0.0149. The fourth-order valence-corrected chi connectivity index (χ4v) is 1.30. The van der Waals surface area contributed by atoms with Crippen molar-refractivity contribution in [2.75, 3.05) is 6.54 Å². The van der Waals surface area contributed by atoms with Crippen LogP contribution in [0, 0.1) is 0 Å². The molecule has 4 nitrogen and oxygen atoms in total. The SMILES string of the molecule is CCC(O)CNC(=O)c1ccccc1OC(F)F. The third-order valence-corrected chi connectivity index (χ3v) is 2.32. The highest BCUT2D eigenvalue weighted by atomic mass is 19.3. The maximum Gasteiger partial charge on any atom is 0.387 e. The Balaban J connectivity index is 2.72. The second kappa shape index (κ2) is 6.90. The number of hydrogen-bond acceptors (Lipinski definition) is 3. The molecule has 0 spiro atoms. The molecule has 0 saturated carbocycles. The Labute approximate surface area is 104 Å². The number of halogens is 2. The molecule has 0 aliphatic heterocycles. The fourth-order valence-electron chi connectivity index (χ4n) is 1.30. The van der Waals surface area contributed by atoms with Gasteiger partial charge in [0.2, 0.25) is 0 Å². The first-order valence-electron chi connectivity index (χ1n) is 5.54. The molecule has 2 N–H and O–H groups in total. The van der Waals surface area contributed by atoms with Crippen molar-refractivity contribution < 1.29 is 23.4 Å². The van der Waals surface area contributed by atoms with Gasteiger partial charge >= 0.3 is 6.61 Å². The standard InChI is InChI=1S/C12H15F2NO3/c1-2-8(16)7-15-11(17)9-5-3-4-6-10(9)18-12(13)14/h3-6,8,12,16H,2,7H2,1H3,(H,15,17). The van der Waals surface area contributed by atoms with Crippen LogP contribution in [-0.4, -0.2) is 30.3 Å². The molecule has 18 heavy (non-hydrogen) atoms. The Kier molecular flexibility index (Phi) is 5.51. The zero-order valence-electron chi connectivity index (χ0n) is 9.90. The summed E-state index contributed by atoms with van der Waals surface area (Å²) in [6, 6.07) is 5.71. The molecule has 1 rings (SSSR count). The highest BCUT2D eigenvalue weighted by molar-refractivity contribution is 5.96. The van der Waals surface area contributed by atoms with Gasteiger partial charge in [0, 0.05) is 6.54 Å². The highest BCUT2D eigenvalue weighted by Gasteiger charge is 2.15. The van der Waals surface area contributed by atoms with Gasteiger partial charge in [0.05, 0.1) is 11.7 Å². The number of alkyl halides is 2. The maximum atomic E-state index is 12.1. The van der Waals surface area contributed by atoms with Gasteiger partial charge in [-0.2, -0.15) is 8.78 Å². The lowest BCUT2D eigenvalue weighted by molar-refractivity contribution is -0.0501. The number of aliphatic hydroxyl groups is 1. The summed E-state index contributed by atoms with van der Waals surface area (Å²) in [7, 11) is 0. The molecule has 0 heterocycles. The largest absolute Gasteiger partial charge is 0.434 e. The van der Waals surface area contributed by atoms with Crippen LogP contribution in [0.4, 0.5) is 8.78 Å². The Bertz CT molecular complexity index is 399. The van der Waals surface area contributed by atoms with Crippen LogP contribution in [0.15, 0.2) is 24.3 Å². The zero-order chi connectivity index (χ0) is 13.5. The van der Waals surface area contributed by atoms with E-state index in [1.807, 2.05) is 0 Å². The third-order valence-electron chi connectivity index (χ3n) is 2.32. The number of nitrogens with one attached hydrogen (secondary N) is 1. The predicted molar refractivity (Wildman–Crippen MR) is 61.7 cm³/mol. The van der Waals surface area contributed by atoms with E-state index in [1.54, 1.807) is 13.0 Å². The first kappa shape index (κ1) is 14.4. The molecule has 0 radical (unpaired) electrons. The molecule has 1 atom stereocenters. The fraction of sp³-hybridized carbons (Fsp3) is 0.417. The van der Waals surface area contributed by atoms with Crippen molar-refractivity contribution in [3.8, 4) is 5.75 Å². The average molecular weight is 259 g/mol. The number of ether oxygens (including phenoxy) is 1. The van der Waals surface area contributed by atoms with E-state index in [-0.39, 0.29) is 17.9 Å². The molecule has 1 amide bonds. The smallest absolute Gasteiger partial charge is 0.387 e. The van der Waals surface area contributed by atoms with Gasteiger partial charge in [-0.1, -0.05) is 19.1 Å². The molecule has 0 aliphatic carbocycles. The quantitative estimate of drug-likeness (QED) is 0.818. The predicted octanol–water partition coefficient (Wildman–Crippen LogP) is 1.79. The molecule has 0 aromatic heterocycles. The lowest BCUT2D eigenvalue weighted by Crippen LogP contribution is -2.32. The van der Waals surface area contributed by atoms with Crippen molar-refractivity contribution in [2.45, 2.75) is 26.1 Å². The summed E-state index contributed by atoms with van der Waals surface area (Å²) in [5.74, 6) is -0.741. The average Bonchev–Trinajstić information content (AvgIpc) is 2.35. The minimum Gasteiger partial charge on any atom is -0.434 e. The molecule has 6 heteroatoms. The topological polar surface area (TPSA) is 58.6 Å². The van der Waals surface area contributed by atoms with Crippen LogP contribution in [0.1, 0.15) is 23.7 Å². The molecule has 1 unspecified atom stereocenters. The van der Waals surface area contributed by atoms with Gasteiger partial charge in [0.25, 0.3) is 5.91 Å². The van der Waals surface area contributed by atoms with Crippen LogP contribution in [0.5, 0.6) is 5.75 Å². The molecule has 0 fully saturated rings. The number of benzene rings is 1. The number of aliphatic hydroxyl groups excluding tert-OH is 1. The first-order chi connectivity index (χ1) is 8.54. The van der Waals surface area contributed by atoms with Gasteiger partial charge in [-0.3, -0.25) is 4.79 Å². The molecule has 1 aromatic rings. The minimum atomic E-state index is -2.99. The summed E-state index contributed by atoms with van der Waals surface area (Å²) in [6.45, 7) is -1.15. The number of rotatable bonds is 6. The summed E-state index contributed by atoms with van der Waals surface area (Å²) in [6.07, 6.45) is -0.160.